The van der Waals surface area contributed by atoms with Crippen LogP contribution in [0.5, 0.6) is 0 Å². The minimum absolute atomic E-state index is 0.532. The number of carbonyl (C=O) groups is 4. The van der Waals surface area contributed by atoms with E-state index < -0.39 is 90.3 Å². The van der Waals surface area contributed by atoms with E-state index in [1.54, 1.807) is 41.5 Å². The molecule has 0 spiro atoms. The van der Waals surface area contributed by atoms with Crippen molar-refractivity contribution in [2.45, 2.75) is 83.5 Å². The number of aliphatic hydroxyl groups is 2. The molecular formula is C23H38N4O11. The molecule has 3 amide bonds. The van der Waals surface area contributed by atoms with Crippen LogP contribution in [0.4, 0.5) is 9.59 Å². The monoisotopic (exact) mass is 546 g/mol. The van der Waals surface area contributed by atoms with Crippen LogP contribution in [0, 0.1) is 5.92 Å². The molecule has 0 aliphatic carbocycles. The number of carboxylic acids is 1. The molecule has 15 heteroatoms. The molecule has 0 fully saturated rings. The zero-order valence-electron chi connectivity index (χ0n) is 22.5. The Kier molecular flexibility index (Phi) is 11.1. The van der Waals surface area contributed by atoms with Crippen molar-refractivity contribution in [3.05, 3.63) is 11.8 Å². The van der Waals surface area contributed by atoms with Gasteiger partial charge in [0, 0.05) is 19.4 Å². The molecule has 0 unspecified atom stereocenters. The molecular weight excluding hydrogens is 508 g/mol. The van der Waals surface area contributed by atoms with E-state index in [9.17, 15) is 34.5 Å². The number of aliphatic carboxylic acids is 1. The highest BCUT2D eigenvalue weighted by Crippen LogP contribution is 2.34. The Balaban J connectivity index is 3.84. The first-order valence-electron chi connectivity index (χ1n) is 11.6. The van der Waals surface area contributed by atoms with Crippen molar-refractivity contribution in [1.29, 1.82) is 0 Å². The fourth-order valence-electron chi connectivity index (χ4n) is 3.64. The molecule has 1 aliphatic heterocycles. The maximum atomic E-state index is 13.3. The Morgan fingerprint density at radius 2 is 1.66 bits per heavy atom. The molecule has 0 saturated heterocycles. The van der Waals surface area contributed by atoms with Gasteiger partial charge in [-0.3, -0.25) is 4.79 Å². The van der Waals surface area contributed by atoms with Crippen LogP contribution in [0.3, 0.4) is 0 Å². The van der Waals surface area contributed by atoms with E-state index in [1.807, 2.05) is 0 Å². The SMILES string of the molecule is CO[C@@H]([C@@H]1OC(C(=O)O)=C[C@@H](N(C(=O)OC(C)(C)C)C(N)=NC(=O)OC(C)(C)C)[C@H]1CC(N)=O)[C@H](O)CO. The van der Waals surface area contributed by atoms with E-state index in [0.717, 1.165) is 13.2 Å². The zero-order chi connectivity index (χ0) is 29.6. The average molecular weight is 547 g/mol. The second kappa shape index (κ2) is 12.9. The summed E-state index contributed by atoms with van der Waals surface area (Å²) in [6, 6.07) is -1.46. The second-order valence-electron chi connectivity index (χ2n) is 10.5. The fourth-order valence-corrected chi connectivity index (χ4v) is 3.64. The molecule has 1 rings (SSSR count). The van der Waals surface area contributed by atoms with Gasteiger partial charge in [0.05, 0.1) is 12.6 Å². The average Bonchev–Trinajstić information content (AvgIpc) is 2.72. The summed E-state index contributed by atoms with van der Waals surface area (Å²) >= 11 is 0. The summed E-state index contributed by atoms with van der Waals surface area (Å²) in [6.45, 7) is 8.57. The van der Waals surface area contributed by atoms with Gasteiger partial charge in [-0.15, -0.1) is 4.99 Å². The molecule has 7 N–H and O–H groups in total. The molecule has 0 bridgehead atoms. The maximum absolute atomic E-state index is 13.3. The van der Waals surface area contributed by atoms with Crippen LogP contribution in [0.1, 0.15) is 48.0 Å². The van der Waals surface area contributed by atoms with Crippen molar-refractivity contribution in [2.24, 2.45) is 22.4 Å². The van der Waals surface area contributed by atoms with E-state index in [0.29, 0.717) is 4.90 Å². The van der Waals surface area contributed by atoms with E-state index in [4.69, 9.17) is 30.4 Å². The molecule has 0 aromatic heterocycles. The third-order valence-electron chi connectivity index (χ3n) is 4.99. The highest BCUT2D eigenvalue weighted by molar-refractivity contribution is 5.99. The van der Waals surface area contributed by atoms with Crippen LogP contribution in [0.15, 0.2) is 16.8 Å². The normalized spacial score (nSPS) is 21.9. The summed E-state index contributed by atoms with van der Waals surface area (Å²) in [5.41, 5.74) is 9.47. The van der Waals surface area contributed by atoms with Gasteiger partial charge in [-0.2, -0.15) is 0 Å². The van der Waals surface area contributed by atoms with E-state index >= 15 is 0 Å². The minimum Gasteiger partial charge on any atom is -0.480 e. The van der Waals surface area contributed by atoms with Crippen molar-refractivity contribution >= 4 is 30.0 Å². The number of rotatable bonds is 8. The number of nitrogens with two attached hydrogens (primary N) is 2. The topological polar surface area (TPSA) is 234 Å². The summed E-state index contributed by atoms with van der Waals surface area (Å²) in [5, 5.41) is 29.5. The van der Waals surface area contributed by atoms with Crippen LogP contribution in [0.2, 0.25) is 0 Å². The summed E-state index contributed by atoms with van der Waals surface area (Å²) in [4.78, 5) is 54.0. The molecule has 5 atom stereocenters. The van der Waals surface area contributed by atoms with Gasteiger partial charge in [-0.05, 0) is 47.6 Å². The highest BCUT2D eigenvalue weighted by atomic mass is 16.6. The lowest BCUT2D eigenvalue weighted by Crippen LogP contribution is -2.60. The lowest BCUT2D eigenvalue weighted by atomic mass is 9.82. The van der Waals surface area contributed by atoms with Gasteiger partial charge in [0.15, 0.2) is 0 Å². The van der Waals surface area contributed by atoms with Crippen LogP contribution >= 0.6 is 0 Å². The molecule has 0 radical (unpaired) electrons. The first-order chi connectivity index (χ1) is 17.3. The Bertz CT molecular complexity index is 952. The number of aliphatic imine (C=N–C) groups is 1. The van der Waals surface area contributed by atoms with Crippen LogP contribution in [-0.2, 0) is 28.5 Å². The number of aliphatic hydroxyl groups excluding tert-OH is 2. The summed E-state index contributed by atoms with van der Waals surface area (Å²) in [6.07, 6.45) is -6.31. The van der Waals surface area contributed by atoms with Crippen LogP contribution < -0.4 is 11.5 Å². The smallest absolute Gasteiger partial charge is 0.437 e. The van der Waals surface area contributed by atoms with E-state index in [-0.39, 0.29) is 0 Å². The Hall–Kier alpha value is -3.43. The minimum atomic E-state index is -1.59. The van der Waals surface area contributed by atoms with Crippen LogP contribution in [0.25, 0.3) is 0 Å². The third kappa shape index (κ3) is 9.46. The number of amides is 3. The largest absolute Gasteiger partial charge is 0.480 e. The first kappa shape index (κ1) is 32.6. The molecule has 38 heavy (non-hydrogen) atoms. The lowest BCUT2D eigenvalue weighted by Gasteiger charge is -2.43. The number of guanidine groups is 1. The Morgan fingerprint density at radius 3 is 2.08 bits per heavy atom. The highest BCUT2D eigenvalue weighted by Gasteiger charge is 2.48. The predicted octanol–water partition coefficient (Wildman–Crippen LogP) is 0.0690. The van der Waals surface area contributed by atoms with E-state index in [1.165, 1.54) is 0 Å². The quantitative estimate of drug-likeness (QED) is 0.201. The summed E-state index contributed by atoms with van der Waals surface area (Å²) in [5.74, 6) is -5.13. The first-order valence-corrected chi connectivity index (χ1v) is 11.6. The van der Waals surface area contributed by atoms with Crippen molar-refractivity contribution in [2.75, 3.05) is 13.7 Å². The molecule has 0 aromatic carbocycles. The van der Waals surface area contributed by atoms with Gasteiger partial charge >= 0.3 is 18.2 Å². The van der Waals surface area contributed by atoms with Crippen LogP contribution in [-0.4, -0.2) is 99.5 Å². The summed E-state index contributed by atoms with van der Waals surface area (Å²) < 4.78 is 21.3. The number of hydrogen-bond donors (Lipinski definition) is 5. The van der Waals surface area contributed by atoms with Gasteiger partial charge in [0.2, 0.25) is 17.6 Å². The molecule has 1 aliphatic rings. The van der Waals surface area contributed by atoms with Crippen molar-refractivity contribution < 1.29 is 53.4 Å². The van der Waals surface area contributed by atoms with E-state index in [2.05, 4.69) is 4.99 Å². The molecule has 0 aromatic rings. The summed E-state index contributed by atoms with van der Waals surface area (Å²) in [7, 11) is 1.16. The number of carbonyl (C=O) groups excluding carboxylic acids is 3. The molecule has 0 saturated carbocycles. The van der Waals surface area contributed by atoms with Gasteiger partial charge < -0.3 is 45.7 Å². The van der Waals surface area contributed by atoms with Gasteiger partial charge in [-0.25, -0.2) is 19.3 Å². The van der Waals surface area contributed by atoms with Gasteiger partial charge in [-0.1, -0.05) is 0 Å². The van der Waals surface area contributed by atoms with Crippen molar-refractivity contribution in [3.63, 3.8) is 0 Å². The number of carboxylic acid groups (broad SMARTS) is 1. The fraction of sp³-hybridized carbons (Fsp3) is 0.696. The molecule has 216 valence electrons. The van der Waals surface area contributed by atoms with Gasteiger partial charge in [0.1, 0.15) is 29.5 Å². The third-order valence-corrected chi connectivity index (χ3v) is 4.99. The number of primary amides is 1. The number of hydrogen-bond acceptors (Lipinski definition) is 10. The van der Waals surface area contributed by atoms with Crippen molar-refractivity contribution in [3.8, 4) is 0 Å². The second-order valence-corrected chi connectivity index (χ2v) is 10.5. The Morgan fingerprint density at radius 1 is 1.11 bits per heavy atom. The molecule has 1 heterocycles. The predicted molar refractivity (Wildman–Crippen MR) is 132 cm³/mol. The number of ether oxygens (including phenoxy) is 4. The zero-order valence-corrected chi connectivity index (χ0v) is 22.5. The number of nitrogens with zero attached hydrogens (tertiary/aromatic N) is 2. The van der Waals surface area contributed by atoms with Gasteiger partial charge in [0.25, 0.3) is 0 Å². The Labute approximate surface area is 220 Å². The molecule has 15 nitrogen and oxygen atoms in total. The standard InChI is InChI=1S/C23H38N4O11/c1-22(2,3)37-20(33)26-19(25)27(21(34)38-23(4,5)6)12-9-14(18(31)32)36-16(11(12)8-15(24)30)17(35-7)13(29)10-28/h9,11-13,16-17,28-29H,8,10H2,1-7H3,(H2,24,30)(H,31,32)(H2,25,26,33)/t11-,12-,13-,16-,17-/m1/s1. The maximum Gasteiger partial charge on any atom is 0.437 e. The lowest BCUT2D eigenvalue weighted by molar-refractivity contribution is -0.155. The number of methoxy groups -OCH3 is 1. The van der Waals surface area contributed by atoms with Crippen molar-refractivity contribution in [1.82, 2.24) is 4.90 Å².